The summed E-state index contributed by atoms with van der Waals surface area (Å²) in [4.78, 5) is 5.12. The van der Waals surface area contributed by atoms with Crippen molar-refractivity contribution < 1.29 is 4.84 Å². The van der Waals surface area contributed by atoms with Crippen LogP contribution in [0, 0.1) is 0 Å². The molecule has 0 aliphatic carbocycles. The van der Waals surface area contributed by atoms with Crippen molar-refractivity contribution in [2.24, 2.45) is 0 Å². The molecule has 0 radical (unpaired) electrons. The number of hydroxylamine groups is 2. The maximum atomic E-state index is 5.12. The van der Waals surface area contributed by atoms with Gasteiger partial charge >= 0.3 is 0 Å². The van der Waals surface area contributed by atoms with Crippen molar-refractivity contribution in [3.8, 4) is 0 Å². The minimum atomic E-state index is 0.837. The van der Waals surface area contributed by atoms with Crippen molar-refractivity contribution in [3.63, 3.8) is 0 Å². The monoisotopic (exact) mass is 206 g/mol. The lowest BCUT2D eigenvalue weighted by atomic mass is 9.98. The summed E-state index contributed by atoms with van der Waals surface area (Å²) in [5.74, 6) is 0. The number of fused-ring (bicyclic) bond motifs is 1. The number of nitrogens with zero attached hydrogens (tertiary/aromatic N) is 1. The van der Waals surface area contributed by atoms with Crippen LogP contribution in [0.15, 0.2) is 18.2 Å². The van der Waals surface area contributed by atoms with E-state index in [1.54, 1.807) is 7.11 Å². The zero-order valence-corrected chi connectivity index (χ0v) is 9.42. The Balaban J connectivity index is 2.13. The molecule has 2 rings (SSSR count). The van der Waals surface area contributed by atoms with Gasteiger partial charge in [-0.2, -0.15) is 5.06 Å². The topological polar surface area (TPSA) is 24.5 Å². The van der Waals surface area contributed by atoms with Crippen LogP contribution in [0.4, 0.5) is 0 Å². The Labute approximate surface area is 91.0 Å². The van der Waals surface area contributed by atoms with Crippen LogP contribution in [0.2, 0.25) is 0 Å². The Morgan fingerprint density at radius 2 is 2.27 bits per heavy atom. The predicted molar refractivity (Wildman–Crippen MR) is 60.3 cm³/mol. The molecule has 0 atom stereocenters. The largest absolute Gasteiger partial charge is 0.312 e. The molecule has 0 amide bonds. The van der Waals surface area contributed by atoms with E-state index in [4.69, 9.17) is 4.84 Å². The van der Waals surface area contributed by atoms with Gasteiger partial charge in [0.25, 0.3) is 0 Å². The van der Waals surface area contributed by atoms with Gasteiger partial charge < -0.3 is 10.2 Å². The maximum absolute atomic E-state index is 5.12. The highest BCUT2D eigenvalue weighted by molar-refractivity contribution is 5.33. The van der Waals surface area contributed by atoms with Gasteiger partial charge in [-0.3, -0.25) is 0 Å². The van der Waals surface area contributed by atoms with E-state index >= 15 is 0 Å². The first kappa shape index (κ1) is 10.6. The number of nitrogens with one attached hydrogen (secondary N) is 1. The third kappa shape index (κ3) is 2.56. The fraction of sp³-hybridized carbons (Fsp3) is 0.500. The zero-order valence-electron chi connectivity index (χ0n) is 9.42. The molecule has 0 fully saturated rings. The maximum Gasteiger partial charge on any atom is 0.0575 e. The van der Waals surface area contributed by atoms with E-state index in [2.05, 4.69) is 23.5 Å². The Kier molecular flexibility index (Phi) is 3.36. The molecule has 0 unspecified atom stereocenters. The minimum absolute atomic E-state index is 0.837. The summed E-state index contributed by atoms with van der Waals surface area (Å²) in [5, 5.41) is 5.22. The molecule has 0 aromatic heterocycles. The van der Waals surface area contributed by atoms with E-state index in [0.717, 1.165) is 26.1 Å². The van der Waals surface area contributed by atoms with Gasteiger partial charge in [-0.25, -0.2) is 0 Å². The Morgan fingerprint density at radius 1 is 1.40 bits per heavy atom. The van der Waals surface area contributed by atoms with E-state index in [1.807, 2.05) is 12.1 Å². The Morgan fingerprint density at radius 3 is 3.07 bits per heavy atom. The molecular formula is C12H18N2O. The summed E-state index contributed by atoms with van der Waals surface area (Å²) in [6, 6.07) is 6.71. The molecule has 15 heavy (non-hydrogen) atoms. The van der Waals surface area contributed by atoms with Crippen molar-refractivity contribution in [1.82, 2.24) is 10.4 Å². The van der Waals surface area contributed by atoms with Crippen molar-refractivity contribution in [2.45, 2.75) is 19.5 Å². The lowest BCUT2D eigenvalue weighted by molar-refractivity contribution is -0.116. The molecule has 0 spiro atoms. The number of rotatable bonds is 3. The molecule has 3 nitrogen and oxygen atoms in total. The summed E-state index contributed by atoms with van der Waals surface area (Å²) >= 11 is 0. The van der Waals surface area contributed by atoms with Crippen molar-refractivity contribution >= 4 is 0 Å². The molecule has 1 aromatic carbocycles. The van der Waals surface area contributed by atoms with Crippen LogP contribution in [0.3, 0.4) is 0 Å². The number of hydrogen-bond acceptors (Lipinski definition) is 3. The normalized spacial score (nSPS) is 15.4. The van der Waals surface area contributed by atoms with E-state index in [9.17, 15) is 0 Å². The lowest BCUT2D eigenvalue weighted by Crippen LogP contribution is -2.24. The molecular weight excluding hydrogens is 188 g/mol. The van der Waals surface area contributed by atoms with Crippen LogP contribution in [0.1, 0.15) is 16.7 Å². The van der Waals surface area contributed by atoms with Gasteiger partial charge in [-0.05, 0) is 29.7 Å². The molecule has 82 valence electrons. The molecule has 3 heteroatoms. The minimum Gasteiger partial charge on any atom is -0.312 e. The SMILES string of the molecule is CON(C)Cc1ccc2c(c1)CNCC2. The molecule has 0 saturated heterocycles. The molecule has 0 saturated carbocycles. The Bertz CT molecular complexity index is 338. The van der Waals surface area contributed by atoms with Crippen LogP contribution in [-0.4, -0.2) is 25.8 Å². The average molecular weight is 206 g/mol. The van der Waals surface area contributed by atoms with Gasteiger partial charge in [-0.1, -0.05) is 18.2 Å². The van der Waals surface area contributed by atoms with Crippen molar-refractivity contribution in [2.75, 3.05) is 20.7 Å². The average Bonchev–Trinajstić information content (AvgIpc) is 2.29. The van der Waals surface area contributed by atoms with Gasteiger partial charge in [0.1, 0.15) is 0 Å². The highest BCUT2D eigenvalue weighted by atomic mass is 16.7. The van der Waals surface area contributed by atoms with E-state index < -0.39 is 0 Å². The molecule has 1 aromatic rings. The first-order valence-electron chi connectivity index (χ1n) is 5.36. The van der Waals surface area contributed by atoms with Crippen LogP contribution in [-0.2, 0) is 24.3 Å². The molecule has 1 aliphatic rings. The summed E-state index contributed by atoms with van der Waals surface area (Å²) in [6.45, 7) is 2.94. The van der Waals surface area contributed by atoms with Crippen LogP contribution >= 0.6 is 0 Å². The smallest absolute Gasteiger partial charge is 0.0575 e. The Hall–Kier alpha value is -0.900. The quantitative estimate of drug-likeness (QED) is 0.755. The highest BCUT2D eigenvalue weighted by Crippen LogP contribution is 2.16. The number of hydrogen-bond donors (Lipinski definition) is 1. The van der Waals surface area contributed by atoms with Gasteiger partial charge in [-0.15, -0.1) is 0 Å². The molecule has 1 aliphatic heterocycles. The van der Waals surface area contributed by atoms with Crippen LogP contribution in [0.25, 0.3) is 0 Å². The number of benzene rings is 1. The van der Waals surface area contributed by atoms with Gasteiger partial charge in [0.2, 0.25) is 0 Å². The summed E-state index contributed by atoms with van der Waals surface area (Å²) in [7, 11) is 3.64. The van der Waals surface area contributed by atoms with Gasteiger partial charge in [0, 0.05) is 20.1 Å². The van der Waals surface area contributed by atoms with Crippen molar-refractivity contribution in [1.29, 1.82) is 0 Å². The fourth-order valence-electron chi connectivity index (χ4n) is 1.95. The first-order chi connectivity index (χ1) is 7.29. The van der Waals surface area contributed by atoms with Crippen molar-refractivity contribution in [3.05, 3.63) is 34.9 Å². The second-order valence-electron chi connectivity index (χ2n) is 4.00. The molecule has 0 bridgehead atoms. The second-order valence-corrected chi connectivity index (χ2v) is 4.00. The van der Waals surface area contributed by atoms with E-state index in [1.165, 1.54) is 16.7 Å². The standard InChI is InChI=1S/C12H18N2O/c1-14(15-2)9-10-3-4-11-5-6-13-8-12(11)7-10/h3-4,7,13H,5-6,8-9H2,1-2H3. The third-order valence-electron chi connectivity index (χ3n) is 2.87. The van der Waals surface area contributed by atoms with Gasteiger partial charge in [0.15, 0.2) is 0 Å². The summed E-state index contributed by atoms with van der Waals surface area (Å²) in [6.07, 6.45) is 1.15. The fourth-order valence-corrected chi connectivity index (χ4v) is 1.95. The van der Waals surface area contributed by atoms with Crippen LogP contribution < -0.4 is 5.32 Å². The molecule has 1 N–H and O–H groups in total. The van der Waals surface area contributed by atoms with Crippen LogP contribution in [0.5, 0.6) is 0 Å². The lowest BCUT2D eigenvalue weighted by Gasteiger charge is -2.19. The summed E-state index contributed by atoms with van der Waals surface area (Å²) < 4.78 is 0. The summed E-state index contributed by atoms with van der Waals surface area (Å²) in [5.41, 5.74) is 4.22. The highest BCUT2D eigenvalue weighted by Gasteiger charge is 2.09. The molecule has 1 heterocycles. The first-order valence-corrected chi connectivity index (χ1v) is 5.36. The van der Waals surface area contributed by atoms with E-state index in [-0.39, 0.29) is 0 Å². The van der Waals surface area contributed by atoms with E-state index in [0.29, 0.717) is 0 Å². The second kappa shape index (κ2) is 4.75. The predicted octanol–water partition coefficient (Wildman–Crippen LogP) is 1.33. The zero-order chi connectivity index (χ0) is 10.7. The van der Waals surface area contributed by atoms with Gasteiger partial charge in [0.05, 0.1) is 7.11 Å². The third-order valence-corrected chi connectivity index (χ3v) is 2.87.